The molecular formula is C21H20FN3O2. The molecule has 6 heteroatoms. The molecule has 2 aromatic carbocycles. The van der Waals surface area contributed by atoms with E-state index >= 15 is 0 Å². The maximum Gasteiger partial charge on any atom is 0.223 e. The lowest BCUT2D eigenvalue weighted by Gasteiger charge is -2.15. The van der Waals surface area contributed by atoms with E-state index < -0.39 is 0 Å². The van der Waals surface area contributed by atoms with Gasteiger partial charge in [0, 0.05) is 17.7 Å². The average Bonchev–Trinajstić information content (AvgIpc) is 3.24. The molecule has 4 rings (SSSR count). The predicted octanol–water partition coefficient (Wildman–Crippen LogP) is 4.50. The van der Waals surface area contributed by atoms with Crippen LogP contribution < -0.4 is 5.32 Å². The SMILES string of the molecule is CC(NC(=O)[C@@H](C)Cc1nc2ccccc2[nH]1)c1cc2cc(F)ccc2o1. The van der Waals surface area contributed by atoms with Gasteiger partial charge in [0.2, 0.25) is 5.91 Å². The summed E-state index contributed by atoms with van der Waals surface area (Å²) < 4.78 is 19.1. The Balaban J connectivity index is 1.43. The predicted molar refractivity (Wildman–Crippen MR) is 102 cm³/mol. The van der Waals surface area contributed by atoms with Crippen molar-refractivity contribution in [2.75, 3.05) is 0 Å². The number of nitrogens with one attached hydrogen (secondary N) is 2. The number of furan rings is 1. The molecular weight excluding hydrogens is 345 g/mol. The van der Waals surface area contributed by atoms with E-state index in [9.17, 15) is 9.18 Å². The van der Waals surface area contributed by atoms with Crippen LogP contribution in [-0.2, 0) is 11.2 Å². The molecule has 2 atom stereocenters. The van der Waals surface area contributed by atoms with Crippen LogP contribution in [0.1, 0.15) is 31.5 Å². The van der Waals surface area contributed by atoms with Gasteiger partial charge in [0.1, 0.15) is 23.0 Å². The number of nitrogens with zero attached hydrogens (tertiary/aromatic N) is 1. The Labute approximate surface area is 155 Å². The van der Waals surface area contributed by atoms with E-state index in [1.165, 1.54) is 12.1 Å². The summed E-state index contributed by atoms with van der Waals surface area (Å²) in [5, 5.41) is 3.64. The highest BCUT2D eigenvalue weighted by Gasteiger charge is 2.20. The standard InChI is InChI=1S/C21H20FN3O2/c1-12(9-20-24-16-5-3-4-6-17(16)25-20)21(26)23-13(2)19-11-14-10-15(22)7-8-18(14)27-19/h3-8,10-13H,9H2,1-2H3,(H,23,26)(H,24,25)/t12-,13?/m0/s1. The summed E-state index contributed by atoms with van der Waals surface area (Å²) in [4.78, 5) is 20.3. The second-order valence-electron chi connectivity index (χ2n) is 6.87. The number of rotatable bonds is 5. The lowest BCUT2D eigenvalue weighted by molar-refractivity contribution is -0.125. The normalized spacial score (nSPS) is 13.7. The van der Waals surface area contributed by atoms with Gasteiger partial charge in [-0.05, 0) is 43.3 Å². The molecule has 0 aliphatic heterocycles. The second-order valence-corrected chi connectivity index (χ2v) is 6.87. The Hall–Kier alpha value is -3.15. The van der Waals surface area contributed by atoms with Crippen LogP contribution in [0, 0.1) is 11.7 Å². The van der Waals surface area contributed by atoms with E-state index in [0.29, 0.717) is 23.2 Å². The monoisotopic (exact) mass is 365 g/mol. The number of aromatic amines is 1. The minimum Gasteiger partial charge on any atom is -0.459 e. The molecule has 2 N–H and O–H groups in total. The summed E-state index contributed by atoms with van der Waals surface area (Å²) in [5.74, 6) is 0.723. The summed E-state index contributed by atoms with van der Waals surface area (Å²) in [6, 6.07) is 13.6. The Morgan fingerprint density at radius 1 is 1.22 bits per heavy atom. The Kier molecular flexibility index (Phi) is 4.39. The highest BCUT2D eigenvalue weighted by atomic mass is 19.1. The van der Waals surface area contributed by atoms with Crippen molar-refractivity contribution < 1.29 is 13.6 Å². The van der Waals surface area contributed by atoms with Crippen molar-refractivity contribution in [3.8, 4) is 0 Å². The zero-order valence-corrected chi connectivity index (χ0v) is 15.1. The van der Waals surface area contributed by atoms with E-state index in [1.54, 1.807) is 12.1 Å². The molecule has 4 aromatic rings. The van der Waals surface area contributed by atoms with Crippen molar-refractivity contribution in [3.63, 3.8) is 0 Å². The Bertz CT molecular complexity index is 1080. The van der Waals surface area contributed by atoms with Crippen LogP contribution in [0.2, 0.25) is 0 Å². The number of halogens is 1. The first kappa shape index (κ1) is 17.3. The largest absolute Gasteiger partial charge is 0.459 e. The number of hydrogen-bond acceptors (Lipinski definition) is 3. The summed E-state index contributed by atoms with van der Waals surface area (Å²) in [7, 11) is 0. The summed E-state index contributed by atoms with van der Waals surface area (Å²) in [6.45, 7) is 3.71. The molecule has 1 amide bonds. The third-order valence-corrected chi connectivity index (χ3v) is 4.67. The molecule has 0 aliphatic carbocycles. The van der Waals surface area contributed by atoms with Gasteiger partial charge in [0.15, 0.2) is 0 Å². The van der Waals surface area contributed by atoms with E-state index in [4.69, 9.17) is 4.42 Å². The van der Waals surface area contributed by atoms with Gasteiger partial charge in [-0.3, -0.25) is 4.79 Å². The molecule has 27 heavy (non-hydrogen) atoms. The first-order valence-corrected chi connectivity index (χ1v) is 8.92. The minimum atomic E-state index is -0.314. The molecule has 5 nitrogen and oxygen atoms in total. The number of para-hydroxylation sites is 2. The fraction of sp³-hybridized carbons (Fsp3) is 0.238. The van der Waals surface area contributed by atoms with Crippen LogP contribution in [-0.4, -0.2) is 15.9 Å². The van der Waals surface area contributed by atoms with Gasteiger partial charge in [0.05, 0.1) is 17.1 Å². The highest BCUT2D eigenvalue weighted by molar-refractivity contribution is 5.81. The van der Waals surface area contributed by atoms with Crippen LogP contribution in [0.4, 0.5) is 4.39 Å². The van der Waals surface area contributed by atoms with Crippen molar-refractivity contribution in [1.29, 1.82) is 0 Å². The highest BCUT2D eigenvalue weighted by Crippen LogP contribution is 2.25. The van der Waals surface area contributed by atoms with Crippen LogP contribution in [0.5, 0.6) is 0 Å². The van der Waals surface area contributed by atoms with Gasteiger partial charge in [0.25, 0.3) is 0 Å². The molecule has 2 aromatic heterocycles. The van der Waals surface area contributed by atoms with Gasteiger partial charge >= 0.3 is 0 Å². The smallest absolute Gasteiger partial charge is 0.223 e. The number of aromatic nitrogens is 2. The molecule has 0 radical (unpaired) electrons. The maximum atomic E-state index is 13.3. The van der Waals surface area contributed by atoms with Crippen molar-refractivity contribution in [2.45, 2.75) is 26.3 Å². The number of hydrogen-bond donors (Lipinski definition) is 2. The second kappa shape index (κ2) is 6.87. The van der Waals surface area contributed by atoms with Crippen molar-refractivity contribution >= 4 is 27.9 Å². The lowest BCUT2D eigenvalue weighted by atomic mass is 10.1. The summed E-state index contributed by atoms with van der Waals surface area (Å²) >= 11 is 0. The molecule has 0 bridgehead atoms. The van der Waals surface area contributed by atoms with E-state index in [2.05, 4.69) is 15.3 Å². The van der Waals surface area contributed by atoms with Gasteiger partial charge in [-0.1, -0.05) is 19.1 Å². The van der Waals surface area contributed by atoms with E-state index in [0.717, 1.165) is 16.9 Å². The zero-order valence-electron chi connectivity index (χ0n) is 15.1. The third-order valence-electron chi connectivity index (χ3n) is 4.67. The van der Waals surface area contributed by atoms with Crippen LogP contribution in [0.25, 0.3) is 22.0 Å². The van der Waals surface area contributed by atoms with Crippen LogP contribution in [0.3, 0.4) is 0 Å². The molecule has 0 aliphatic rings. The lowest BCUT2D eigenvalue weighted by Crippen LogP contribution is -2.32. The van der Waals surface area contributed by atoms with Crippen molar-refractivity contribution in [3.05, 3.63) is 65.9 Å². The first-order valence-electron chi connectivity index (χ1n) is 8.92. The van der Waals surface area contributed by atoms with Gasteiger partial charge in [-0.2, -0.15) is 0 Å². The number of carbonyl (C=O) groups excluding carboxylic acids is 1. The first-order chi connectivity index (χ1) is 13.0. The summed E-state index contributed by atoms with van der Waals surface area (Å²) in [5.41, 5.74) is 2.45. The summed E-state index contributed by atoms with van der Waals surface area (Å²) in [6.07, 6.45) is 0.512. The van der Waals surface area contributed by atoms with Gasteiger partial charge in [-0.15, -0.1) is 0 Å². The third kappa shape index (κ3) is 3.56. The number of imidazole rings is 1. The van der Waals surface area contributed by atoms with Crippen molar-refractivity contribution in [1.82, 2.24) is 15.3 Å². The molecule has 138 valence electrons. The molecule has 2 heterocycles. The molecule has 0 fully saturated rings. The fourth-order valence-electron chi connectivity index (χ4n) is 3.16. The molecule has 0 saturated carbocycles. The number of amides is 1. The molecule has 0 saturated heterocycles. The van der Waals surface area contributed by atoms with Crippen molar-refractivity contribution in [2.24, 2.45) is 5.92 Å². The Morgan fingerprint density at radius 2 is 2.04 bits per heavy atom. The number of H-pyrrole nitrogens is 1. The van der Waals surface area contributed by atoms with E-state index in [-0.39, 0.29) is 23.7 Å². The zero-order chi connectivity index (χ0) is 19.0. The number of benzene rings is 2. The average molecular weight is 365 g/mol. The quantitative estimate of drug-likeness (QED) is 0.547. The minimum absolute atomic E-state index is 0.0883. The van der Waals surface area contributed by atoms with E-state index in [1.807, 2.05) is 38.1 Å². The molecule has 0 spiro atoms. The van der Waals surface area contributed by atoms with Gasteiger partial charge < -0.3 is 14.7 Å². The number of fused-ring (bicyclic) bond motifs is 2. The van der Waals surface area contributed by atoms with Gasteiger partial charge in [-0.25, -0.2) is 9.37 Å². The Morgan fingerprint density at radius 3 is 2.85 bits per heavy atom. The van der Waals surface area contributed by atoms with Crippen LogP contribution >= 0.6 is 0 Å². The fourth-order valence-corrected chi connectivity index (χ4v) is 3.16. The maximum absolute atomic E-state index is 13.3. The molecule has 1 unspecified atom stereocenters. The topological polar surface area (TPSA) is 70.9 Å². The van der Waals surface area contributed by atoms with Crippen LogP contribution in [0.15, 0.2) is 52.9 Å². The number of carbonyl (C=O) groups is 1.